The highest BCUT2D eigenvalue weighted by molar-refractivity contribution is 7.13. The van der Waals surface area contributed by atoms with E-state index in [1.807, 2.05) is 17.5 Å². The van der Waals surface area contributed by atoms with E-state index in [9.17, 15) is 4.79 Å². The molecule has 2 aromatic rings. The van der Waals surface area contributed by atoms with Crippen molar-refractivity contribution < 1.29 is 4.79 Å². The van der Waals surface area contributed by atoms with E-state index in [1.54, 1.807) is 17.4 Å². The topological polar surface area (TPSA) is 69.8 Å². The molecule has 2 aromatic heterocycles. The highest BCUT2D eigenvalue weighted by atomic mass is 35.5. The first kappa shape index (κ1) is 14.0. The molecule has 3 N–H and O–H groups in total. The fourth-order valence-corrected chi connectivity index (χ4v) is 2.73. The second kappa shape index (κ2) is 6.18. The summed E-state index contributed by atoms with van der Waals surface area (Å²) in [4.78, 5) is 13.1. The van der Waals surface area contributed by atoms with Crippen LogP contribution in [0.15, 0.2) is 23.6 Å². The Kier molecular flexibility index (Phi) is 4.57. The summed E-state index contributed by atoms with van der Waals surface area (Å²) in [5.74, 6) is -0.109. The van der Waals surface area contributed by atoms with Crippen LogP contribution in [0.3, 0.4) is 0 Å². The van der Waals surface area contributed by atoms with Gasteiger partial charge in [0.2, 0.25) is 0 Å². The summed E-state index contributed by atoms with van der Waals surface area (Å²) in [6.07, 6.45) is 0.980. The third-order valence-corrected chi connectivity index (χ3v) is 3.90. The van der Waals surface area contributed by atoms with Gasteiger partial charge in [-0.1, -0.05) is 6.07 Å². The molecule has 1 fully saturated rings. The number of hydrogen-bond acceptors (Lipinski definition) is 4. The van der Waals surface area contributed by atoms with Gasteiger partial charge < -0.3 is 10.6 Å². The number of aromatic nitrogens is 2. The molecule has 0 bridgehead atoms. The van der Waals surface area contributed by atoms with Crippen LogP contribution in [-0.2, 0) is 0 Å². The van der Waals surface area contributed by atoms with Gasteiger partial charge in [-0.15, -0.1) is 23.7 Å². The van der Waals surface area contributed by atoms with Crippen LogP contribution in [0, 0.1) is 0 Å². The van der Waals surface area contributed by atoms with Gasteiger partial charge in [-0.2, -0.15) is 5.10 Å². The average Bonchev–Trinajstić information content (AvgIpc) is 3.11. The lowest BCUT2D eigenvalue weighted by Crippen LogP contribution is -2.36. The molecule has 3 heterocycles. The zero-order valence-electron chi connectivity index (χ0n) is 10.2. The maximum atomic E-state index is 12.0. The van der Waals surface area contributed by atoms with Gasteiger partial charge >= 0.3 is 0 Å². The van der Waals surface area contributed by atoms with Crippen molar-refractivity contribution in [1.29, 1.82) is 0 Å². The number of aromatic amines is 1. The summed E-state index contributed by atoms with van der Waals surface area (Å²) in [5, 5.41) is 15.2. The molecule has 1 aliphatic rings. The highest BCUT2D eigenvalue weighted by Gasteiger charge is 2.19. The van der Waals surface area contributed by atoms with E-state index < -0.39 is 0 Å². The fraction of sp³-hybridized carbons (Fsp3) is 0.333. The Morgan fingerprint density at radius 2 is 2.42 bits per heavy atom. The number of nitrogens with zero attached hydrogens (tertiary/aromatic N) is 1. The Morgan fingerprint density at radius 1 is 1.53 bits per heavy atom. The second-order valence-corrected chi connectivity index (χ2v) is 5.26. The van der Waals surface area contributed by atoms with Crippen LogP contribution in [-0.4, -0.2) is 35.2 Å². The largest absolute Gasteiger partial charge is 0.347 e. The molecule has 3 rings (SSSR count). The smallest absolute Gasteiger partial charge is 0.272 e. The monoisotopic (exact) mass is 298 g/mol. The van der Waals surface area contributed by atoms with Gasteiger partial charge in [-0.3, -0.25) is 9.89 Å². The lowest BCUT2D eigenvalue weighted by Gasteiger charge is -2.08. The lowest BCUT2D eigenvalue weighted by molar-refractivity contribution is 0.0935. The van der Waals surface area contributed by atoms with E-state index in [0.717, 1.165) is 30.1 Å². The van der Waals surface area contributed by atoms with Gasteiger partial charge in [0.25, 0.3) is 5.91 Å². The molecule has 1 unspecified atom stereocenters. The predicted octanol–water partition coefficient (Wildman–Crippen LogP) is 1.65. The van der Waals surface area contributed by atoms with Crippen LogP contribution in [0.2, 0.25) is 0 Å². The maximum Gasteiger partial charge on any atom is 0.272 e. The SMILES string of the molecule is Cl.O=C(NC1CCNC1)c1cc(-c2cccs2)[nH]n1. The molecule has 1 amide bonds. The number of thiophene rings is 1. The number of hydrogen-bond donors (Lipinski definition) is 3. The summed E-state index contributed by atoms with van der Waals surface area (Å²) in [7, 11) is 0. The molecule has 0 aromatic carbocycles. The minimum atomic E-state index is -0.109. The molecule has 5 nitrogen and oxygen atoms in total. The van der Waals surface area contributed by atoms with E-state index in [0.29, 0.717) is 5.69 Å². The Morgan fingerprint density at radius 3 is 3.11 bits per heavy atom. The van der Waals surface area contributed by atoms with Crippen molar-refractivity contribution in [1.82, 2.24) is 20.8 Å². The normalized spacial score (nSPS) is 18.0. The van der Waals surface area contributed by atoms with Crippen LogP contribution in [0.1, 0.15) is 16.9 Å². The lowest BCUT2D eigenvalue weighted by atomic mass is 10.2. The summed E-state index contributed by atoms with van der Waals surface area (Å²) < 4.78 is 0. The Bertz CT molecular complexity index is 534. The molecule has 0 radical (unpaired) electrons. The van der Waals surface area contributed by atoms with Crippen molar-refractivity contribution >= 4 is 29.7 Å². The predicted molar refractivity (Wildman–Crippen MR) is 77.9 cm³/mol. The number of nitrogens with one attached hydrogen (secondary N) is 3. The molecule has 1 aliphatic heterocycles. The first-order valence-electron chi connectivity index (χ1n) is 5.94. The van der Waals surface area contributed by atoms with Crippen molar-refractivity contribution in [2.75, 3.05) is 13.1 Å². The van der Waals surface area contributed by atoms with Crippen LogP contribution < -0.4 is 10.6 Å². The van der Waals surface area contributed by atoms with Gasteiger partial charge in [-0.05, 0) is 30.5 Å². The minimum Gasteiger partial charge on any atom is -0.347 e. The average molecular weight is 299 g/mol. The molecule has 19 heavy (non-hydrogen) atoms. The summed E-state index contributed by atoms with van der Waals surface area (Å²) in [6, 6.07) is 5.99. The number of halogens is 1. The quantitative estimate of drug-likeness (QED) is 0.807. The summed E-state index contributed by atoms with van der Waals surface area (Å²) in [6.45, 7) is 1.81. The van der Waals surface area contributed by atoms with E-state index in [2.05, 4.69) is 20.8 Å². The van der Waals surface area contributed by atoms with Crippen LogP contribution in [0.5, 0.6) is 0 Å². The maximum absolute atomic E-state index is 12.0. The van der Waals surface area contributed by atoms with Gasteiger partial charge in [0.15, 0.2) is 5.69 Å². The molecule has 0 saturated carbocycles. The van der Waals surface area contributed by atoms with Crippen LogP contribution >= 0.6 is 23.7 Å². The highest BCUT2D eigenvalue weighted by Crippen LogP contribution is 2.22. The summed E-state index contributed by atoms with van der Waals surface area (Å²) in [5.41, 5.74) is 1.34. The van der Waals surface area contributed by atoms with Crippen molar-refractivity contribution in [2.24, 2.45) is 0 Å². The Balaban J connectivity index is 0.00000133. The summed E-state index contributed by atoms with van der Waals surface area (Å²) >= 11 is 1.62. The molecular weight excluding hydrogens is 284 g/mol. The number of rotatable bonds is 3. The number of amides is 1. The fourth-order valence-electron chi connectivity index (χ4n) is 2.03. The molecule has 7 heteroatoms. The van der Waals surface area contributed by atoms with Gasteiger partial charge in [-0.25, -0.2) is 0 Å². The molecule has 1 atom stereocenters. The van der Waals surface area contributed by atoms with Gasteiger partial charge in [0, 0.05) is 12.6 Å². The first-order chi connectivity index (χ1) is 8.83. The zero-order chi connectivity index (χ0) is 12.4. The molecule has 102 valence electrons. The minimum absolute atomic E-state index is 0. The standard InChI is InChI=1S/C12H14N4OS.ClH/c17-12(14-8-3-4-13-7-8)10-6-9(15-16-10)11-2-1-5-18-11;/h1-2,5-6,8,13H,3-4,7H2,(H,14,17)(H,15,16);1H. The van der Waals surface area contributed by atoms with Gasteiger partial charge in [0.05, 0.1) is 10.6 Å². The molecular formula is C12H15ClN4OS. The van der Waals surface area contributed by atoms with Crippen molar-refractivity contribution in [2.45, 2.75) is 12.5 Å². The van der Waals surface area contributed by atoms with Crippen molar-refractivity contribution in [3.05, 3.63) is 29.3 Å². The number of H-pyrrole nitrogens is 1. The Labute approximate surface area is 121 Å². The third-order valence-electron chi connectivity index (χ3n) is 2.99. The molecule has 1 saturated heterocycles. The molecule has 0 spiro atoms. The van der Waals surface area contributed by atoms with E-state index >= 15 is 0 Å². The van der Waals surface area contributed by atoms with E-state index in [-0.39, 0.29) is 24.4 Å². The zero-order valence-corrected chi connectivity index (χ0v) is 11.8. The van der Waals surface area contributed by atoms with Gasteiger partial charge in [0.1, 0.15) is 0 Å². The second-order valence-electron chi connectivity index (χ2n) is 4.31. The van der Waals surface area contributed by atoms with Crippen molar-refractivity contribution in [3.63, 3.8) is 0 Å². The number of carbonyl (C=O) groups is 1. The van der Waals surface area contributed by atoms with E-state index in [1.165, 1.54) is 0 Å². The molecule has 0 aliphatic carbocycles. The van der Waals surface area contributed by atoms with Crippen LogP contribution in [0.4, 0.5) is 0 Å². The van der Waals surface area contributed by atoms with Crippen LogP contribution in [0.25, 0.3) is 10.6 Å². The first-order valence-corrected chi connectivity index (χ1v) is 6.82. The number of carbonyl (C=O) groups excluding carboxylic acids is 1. The van der Waals surface area contributed by atoms with E-state index in [4.69, 9.17) is 0 Å². The Hall–Kier alpha value is -1.37. The third kappa shape index (κ3) is 3.15. The van der Waals surface area contributed by atoms with Crippen molar-refractivity contribution in [3.8, 4) is 10.6 Å².